The predicted molar refractivity (Wildman–Crippen MR) is 77.0 cm³/mol. The number of hydrogen-bond donors (Lipinski definition) is 1. The fourth-order valence-corrected chi connectivity index (χ4v) is 2.69. The molecule has 2 fully saturated rings. The predicted octanol–water partition coefficient (Wildman–Crippen LogP) is 0.920. The third kappa shape index (κ3) is 3.16. The second kappa shape index (κ2) is 6.50. The van der Waals surface area contributed by atoms with Gasteiger partial charge in [-0.25, -0.2) is 4.98 Å². The molecule has 5 nitrogen and oxygen atoms in total. The van der Waals surface area contributed by atoms with Gasteiger partial charge in [0.25, 0.3) is 5.91 Å². The maximum absolute atomic E-state index is 12.2. The first-order chi connectivity index (χ1) is 8.24. The molecule has 106 valence electrons. The number of carbonyl (C=O) groups excluding carboxylic acids is 1. The lowest BCUT2D eigenvalue weighted by Gasteiger charge is -2.16. The van der Waals surface area contributed by atoms with E-state index in [1.54, 1.807) is 12.4 Å². The van der Waals surface area contributed by atoms with Gasteiger partial charge in [0.2, 0.25) is 0 Å². The van der Waals surface area contributed by atoms with Crippen molar-refractivity contribution in [2.75, 3.05) is 26.2 Å². The fraction of sp³-hybridized carbons (Fsp3) is 0.583. The van der Waals surface area contributed by atoms with Crippen molar-refractivity contribution in [1.29, 1.82) is 0 Å². The Labute approximate surface area is 125 Å². The number of nitrogens with one attached hydrogen (secondary N) is 1. The van der Waals surface area contributed by atoms with Gasteiger partial charge >= 0.3 is 0 Å². The summed E-state index contributed by atoms with van der Waals surface area (Å²) in [6.45, 7) is 5.65. The summed E-state index contributed by atoms with van der Waals surface area (Å²) in [6.07, 6.45) is 3.22. The molecule has 0 saturated carbocycles. The Kier molecular flexibility index (Phi) is 5.52. The van der Waals surface area contributed by atoms with Crippen molar-refractivity contribution in [3.63, 3.8) is 0 Å². The monoisotopic (exact) mass is 304 g/mol. The van der Waals surface area contributed by atoms with Crippen LogP contribution < -0.4 is 5.32 Å². The van der Waals surface area contributed by atoms with Crippen molar-refractivity contribution in [2.45, 2.75) is 6.92 Å². The molecule has 2 aliphatic rings. The first kappa shape index (κ1) is 16.1. The number of rotatable bonds is 1. The quantitative estimate of drug-likeness (QED) is 0.838. The van der Waals surface area contributed by atoms with E-state index >= 15 is 0 Å². The summed E-state index contributed by atoms with van der Waals surface area (Å²) in [5.74, 6) is 1.27. The second-order valence-electron chi connectivity index (χ2n) is 4.93. The maximum atomic E-state index is 12.2. The average Bonchev–Trinajstić information content (AvgIpc) is 2.89. The molecule has 3 rings (SSSR count). The molecular weight excluding hydrogens is 287 g/mol. The Morgan fingerprint density at radius 3 is 2.37 bits per heavy atom. The minimum Gasteiger partial charge on any atom is -0.337 e. The minimum absolute atomic E-state index is 0. The van der Waals surface area contributed by atoms with Crippen molar-refractivity contribution >= 4 is 30.7 Å². The Bertz CT molecular complexity index is 428. The van der Waals surface area contributed by atoms with E-state index in [9.17, 15) is 4.79 Å². The zero-order chi connectivity index (χ0) is 11.8. The third-order valence-corrected chi connectivity index (χ3v) is 3.68. The van der Waals surface area contributed by atoms with Gasteiger partial charge in [-0.15, -0.1) is 24.8 Å². The van der Waals surface area contributed by atoms with Gasteiger partial charge in [0, 0.05) is 32.4 Å². The van der Waals surface area contributed by atoms with Crippen LogP contribution in [0.5, 0.6) is 0 Å². The standard InChI is InChI=1S/C12H16N4O.2ClH/c1-8-2-15-11(5-14-8)12(17)16-6-9-3-13-4-10(9)7-16;;/h2,5,9-10,13H,3-4,6-7H2,1H3;2*1H/t9-,10+;;. The Hall–Kier alpha value is -0.910. The molecule has 1 amide bonds. The number of aromatic nitrogens is 2. The molecule has 0 aliphatic carbocycles. The number of halogens is 2. The fourth-order valence-electron chi connectivity index (χ4n) is 2.69. The number of carbonyl (C=O) groups is 1. The van der Waals surface area contributed by atoms with Crippen LogP contribution in [-0.2, 0) is 0 Å². The summed E-state index contributed by atoms with van der Waals surface area (Å²) in [5.41, 5.74) is 1.30. The summed E-state index contributed by atoms with van der Waals surface area (Å²) in [6, 6.07) is 0. The highest BCUT2D eigenvalue weighted by molar-refractivity contribution is 5.92. The summed E-state index contributed by atoms with van der Waals surface area (Å²) in [7, 11) is 0. The molecule has 0 aromatic carbocycles. The normalized spacial score (nSPS) is 24.4. The molecule has 0 unspecified atom stereocenters. The maximum Gasteiger partial charge on any atom is 0.274 e. The van der Waals surface area contributed by atoms with Crippen LogP contribution in [0.15, 0.2) is 12.4 Å². The summed E-state index contributed by atoms with van der Waals surface area (Å²) in [5, 5.41) is 3.37. The molecule has 2 atom stereocenters. The van der Waals surface area contributed by atoms with E-state index in [1.165, 1.54) is 0 Å². The van der Waals surface area contributed by atoms with Gasteiger partial charge in [-0.3, -0.25) is 9.78 Å². The van der Waals surface area contributed by atoms with Crippen LogP contribution in [0.1, 0.15) is 16.2 Å². The lowest BCUT2D eigenvalue weighted by atomic mass is 10.0. The van der Waals surface area contributed by atoms with E-state index in [-0.39, 0.29) is 30.7 Å². The smallest absolute Gasteiger partial charge is 0.274 e. The Balaban J connectivity index is 0.000000902. The highest BCUT2D eigenvalue weighted by Crippen LogP contribution is 2.26. The lowest BCUT2D eigenvalue weighted by Crippen LogP contribution is -2.32. The number of nitrogens with zero attached hydrogens (tertiary/aromatic N) is 3. The molecule has 1 aromatic heterocycles. The molecule has 2 saturated heterocycles. The third-order valence-electron chi connectivity index (χ3n) is 3.68. The lowest BCUT2D eigenvalue weighted by molar-refractivity contribution is 0.0775. The van der Waals surface area contributed by atoms with Crippen molar-refractivity contribution in [3.05, 3.63) is 23.8 Å². The number of amides is 1. The van der Waals surface area contributed by atoms with E-state index in [0.717, 1.165) is 31.9 Å². The highest BCUT2D eigenvalue weighted by atomic mass is 35.5. The van der Waals surface area contributed by atoms with Crippen LogP contribution in [-0.4, -0.2) is 47.0 Å². The molecule has 7 heteroatoms. The van der Waals surface area contributed by atoms with E-state index in [1.807, 2.05) is 11.8 Å². The van der Waals surface area contributed by atoms with Gasteiger partial charge in [0.1, 0.15) is 5.69 Å². The average molecular weight is 305 g/mol. The SMILES string of the molecule is Cc1cnc(C(=O)N2C[C@H]3CNC[C@H]3C2)cn1.Cl.Cl. The van der Waals surface area contributed by atoms with E-state index in [0.29, 0.717) is 17.5 Å². The van der Waals surface area contributed by atoms with Crippen LogP contribution in [0.4, 0.5) is 0 Å². The molecular formula is C12H18Cl2N4O. The molecule has 0 spiro atoms. The summed E-state index contributed by atoms with van der Waals surface area (Å²) < 4.78 is 0. The van der Waals surface area contributed by atoms with Gasteiger partial charge in [-0.2, -0.15) is 0 Å². The highest BCUT2D eigenvalue weighted by Gasteiger charge is 2.38. The first-order valence-corrected chi connectivity index (χ1v) is 6.02. The van der Waals surface area contributed by atoms with E-state index in [4.69, 9.17) is 0 Å². The molecule has 1 N–H and O–H groups in total. The van der Waals surface area contributed by atoms with Crippen molar-refractivity contribution in [3.8, 4) is 0 Å². The van der Waals surface area contributed by atoms with Crippen molar-refractivity contribution < 1.29 is 4.79 Å². The van der Waals surface area contributed by atoms with Crippen molar-refractivity contribution in [2.24, 2.45) is 11.8 Å². The van der Waals surface area contributed by atoms with Crippen LogP contribution in [0.3, 0.4) is 0 Å². The summed E-state index contributed by atoms with van der Waals surface area (Å²) >= 11 is 0. The number of likely N-dealkylation sites (tertiary alicyclic amines) is 1. The molecule has 19 heavy (non-hydrogen) atoms. The number of fused-ring (bicyclic) bond motifs is 1. The molecule has 3 heterocycles. The molecule has 2 aliphatic heterocycles. The first-order valence-electron chi connectivity index (χ1n) is 6.02. The van der Waals surface area contributed by atoms with Gasteiger partial charge < -0.3 is 10.2 Å². The largest absolute Gasteiger partial charge is 0.337 e. The van der Waals surface area contributed by atoms with Crippen LogP contribution in [0, 0.1) is 18.8 Å². The zero-order valence-corrected chi connectivity index (χ0v) is 12.3. The number of hydrogen-bond acceptors (Lipinski definition) is 4. The molecule has 0 radical (unpaired) electrons. The van der Waals surface area contributed by atoms with E-state index in [2.05, 4.69) is 15.3 Å². The molecule has 0 bridgehead atoms. The Morgan fingerprint density at radius 1 is 1.21 bits per heavy atom. The van der Waals surface area contributed by atoms with Gasteiger partial charge in [-0.05, 0) is 18.8 Å². The van der Waals surface area contributed by atoms with Crippen LogP contribution in [0.25, 0.3) is 0 Å². The summed E-state index contributed by atoms with van der Waals surface area (Å²) in [4.78, 5) is 22.4. The van der Waals surface area contributed by atoms with E-state index < -0.39 is 0 Å². The topological polar surface area (TPSA) is 58.1 Å². The van der Waals surface area contributed by atoms with Crippen LogP contribution in [0.2, 0.25) is 0 Å². The van der Waals surface area contributed by atoms with Gasteiger partial charge in [0.15, 0.2) is 0 Å². The zero-order valence-electron chi connectivity index (χ0n) is 10.7. The molecule has 1 aromatic rings. The van der Waals surface area contributed by atoms with Crippen molar-refractivity contribution in [1.82, 2.24) is 20.2 Å². The Morgan fingerprint density at radius 2 is 1.84 bits per heavy atom. The van der Waals surface area contributed by atoms with Gasteiger partial charge in [0.05, 0.1) is 11.9 Å². The second-order valence-corrected chi connectivity index (χ2v) is 4.93. The minimum atomic E-state index is 0. The van der Waals surface area contributed by atoms with Gasteiger partial charge in [-0.1, -0.05) is 0 Å². The number of aryl methyl sites for hydroxylation is 1. The van der Waals surface area contributed by atoms with Crippen LogP contribution >= 0.6 is 24.8 Å².